The molecule has 0 heterocycles. The summed E-state index contributed by atoms with van der Waals surface area (Å²) in [7, 11) is -3.64. The number of sulfonamides is 1. The molecule has 0 aliphatic rings. The molecule has 142 valence electrons. The number of rotatable bonds is 6. The van der Waals surface area contributed by atoms with Gasteiger partial charge in [-0.2, -0.15) is 17.9 Å². The Kier molecular flexibility index (Phi) is 7.05. The van der Waals surface area contributed by atoms with Gasteiger partial charge in [0.1, 0.15) is 12.4 Å². The Balaban J connectivity index is 1.80. The van der Waals surface area contributed by atoms with E-state index in [2.05, 4.69) is 16.6 Å². The molecular formula is C19H16F3NO3S. The van der Waals surface area contributed by atoms with Gasteiger partial charge in [-0.15, -0.1) is 0 Å². The highest BCUT2D eigenvalue weighted by Crippen LogP contribution is 2.31. The van der Waals surface area contributed by atoms with Crippen molar-refractivity contribution in [1.29, 1.82) is 0 Å². The molecule has 1 N–H and O–H groups in total. The number of halogens is 3. The molecule has 2 aromatic rings. The van der Waals surface area contributed by atoms with Gasteiger partial charge in [-0.05, 0) is 29.8 Å². The molecule has 2 rings (SSSR count). The highest BCUT2D eigenvalue weighted by molar-refractivity contribution is 7.92. The zero-order valence-electron chi connectivity index (χ0n) is 14.0. The van der Waals surface area contributed by atoms with Crippen LogP contribution in [0.1, 0.15) is 11.1 Å². The van der Waals surface area contributed by atoms with E-state index in [1.54, 1.807) is 24.3 Å². The van der Waals surface area contributed by atoms with Gasteiger partial charge >= 0.3 is 6.18 Å². The minimum atomic E-state index is -4.45. The standard InChI is InChI=1S/C19H16F3NO3S/c20-19(21,22)17-9-6-10-18(15-17)26-13-5-4-12-23-27(24,25)14-11-16-7-2-1-3-8-16/h1-3,6-11,14-15,23H,12-13H2/b14-11+. The van der Waals surface area contributed by atoms with E-state index in [0.717, 1.165) is 23.1 Å². The first kappa shape index (κ1) is 20.6. The van der Waals surface area contributed by atoms with Gasteiger partial charge < -0.3 is 4.74 Å². The predicted octanol–water partition coefficient (Wildman–Crippen LogP) is 3.68. The summed E-state index contributed by atoms with van der Waals surface area (Å²) in [4.78, 5) is 0. The molecule has 0 saturated heterocycles. The number of hydrogen-bond acceptors (Lipinski definition) is 3. The van der Waals surface area contributed by atoms with Crippen LogP contribution >= 0.6 is 0 Å². The SMILES string of the molecule is O=S(=O)(/C=C/c1ccccc1)NCC#CCOc1cccc(C(F)(F)F)c1. The third-order valence-electron chi connectivity index (χ3n) is 3.20. The molecule has 0 aliphatic heterocycles. The van der Waals surface area contributed by atoms with E-state index in [1.165, 1.54) is 18.2 Å². The second kappa shape index (κ2) is 9.26. The molecule has 0 saturated carbocycles. The van der Waals surface area contributed by atoms with Crippen molar-refractivity contribution in [3.63, 3.8) is 0 Å². The molecule has 27 heavy (non-hydrogen) atoms. The predicted molar refractivity (Wildman–Crippen MR) is 97.1 cm³/mol. The Bertz CT molecular complexity index is 943. The molecular weight excluding hydrogens is 379 g/mol. The lowest BCUT2D eigenvalue weighted by Crippen LogP contribution is -2.21. The largest absolute Gasteiger partial charge is 0.481 e. The molecule has 0 amide bonds. The summed E-state index contributed by atoms with van der Waals surface area (Å²) in [5.74, 6) is 5.10. The van der Waals surface area contributed by atoms with Gasteiger partial charge in [0.15, 0.2) is 0 Å². The van der Waals surface area contributed by atoms with Gasteiger partial charge in [-0.3, -0.25) is 0 Å². The Hall–Kier alpha value is -2.76. The van der Waals surface area contributed by atoms with E-state index in [-0.39, 0.29) is 18.9 Å². The van der Waals surface area contributed by atoms with Gasteiger partial charge in [-0.25, -0.2) is 8.42 Å². The highest BCUT2D eigenvalue weighted by atomic mass is 32.2. The molecule has 0 unspecified atom stereocenters. The third-order valence-corrected chi connectivity index (χ3v) is 4.24. The molecule has 8 heteroatoms. The summed E-state index contributed by atoms with van der Waals surface area (Å²) in [6, 6.07) is 13.3. The second-order valence-corrected chi connectivity index (χ2v) is 6.90. The number of benzene rings is 2. The summed E-state index contributed by atoms with van der Waals surface area (Å²) in [6.07, 6.45) is -3.00. The first-order valence-corrected chi connectivity index (χ1v) is 9.29. The quantitative estimate of drug-likeness (QED) is 0.760. The van der Waals surface area contributed by atoms with Crippen LogP contribution in [0.5, 0.6) is 5.75 Å². The zero-order valence-corrected chi connectivity index (χ0v) is 14.8. The van der Waals surface area contributed by atoms with Crippen LogP contribution in [0.4, 0.5) is 13.2 Å². The van der Waals surface area contributed by atoms with E-state index in [9.17, 15) is 21.6 Å². The van der Waals surface area contributed by atoms with Crippen LogP contribution in [0.2, 0.25) is 0 Å². The fourth-order valence-corrected chi connectivity index (χ4v) is 2.62. The molecule has 0 aliphatic carbocycles. The van der Waals surface area contributed by atoms with E-state index in [4.69, 9.17) is 4.74 Å². The van der Waals surface area contributed by atoms with Crippen molar-refractivity contribution >= 4 is 16.1 Å². The maximum atomic E-state index is 12.6. The van der Waals surface area contributed by atoms with E-state index in [0.29, 0.717) is 0 Å². The first-order valence-electron chi connectivity index (χ1n) is 7.75. The van der Waals surface area contributed by atoms with Crippen molar-refractivity contribution in [2.24, 2.45) is 0 Å². The Morgan fingerprint density at radius 3 is 2.48 bits per heavy atom. The molecule has 0 radical (unpaired) electrons. The van der Waals surface area contributed by atoms with Crippen molar-refractivity contribution in [3.8, 4) is 17.6 Å². The maximum Gasteiger partial charge on any atom is 0.416 e. The summed E-state index contributed by atoms with van der Waals surface area (Å²) in [5.41, 5.74) is -0.0747. The van der Waals surface area contributed by atoms with Crippen LogP contribution in [0, 0.1) is 11.8 Å². The van der Waals surface area contributed by atoms with Crippen LogP contribution in [0.15, 0.2) is 60.0 Å². The van der Waals surface area contributed by atoms with E-state index in [1.807, 2.05) is 6.07 Å². The first-order chi connectivity index (χ1) is 12.8. The Morgan fingerprint density at radius 2 is 1.78 bits per heavy atom. The molecule has 0 spiro atoms. The van der Waals surface area contributed by atoms with Crippen molar-refractivity contribution in [2.75, 3.05) is 13.2 Å². The van der Waals surface area contributed by atoms with E-state index >= 15 is 0 Å². The Labute approximate surface area is 155 Å². The number of hydrogen-bond donors (Lipinski definition) is 1. The van der Waals surface area contributed by atoms with Gasteiger partial charge in [0, 0.05) is 5.41 Å². The lowest BCUT2D eigenvalue weighted by atomic mass is 10.2. The van der Waals surface area contributed by atoms with Crippen LogP contribution in [0.25, 0.3) is 6.08 Å². The molecule has 4 nitrogen and oxygen atoms in total. The van der Waals surface area contributed by atoms with Crippen LogP contribution in [-0.4, -0.2) is 21.6 Å². The van der Waals surface area contributed by atoms with Crippen molar-refractivity contribution in [2.45, 2.75) is 6.18 Å². The van der Waals surface area contributed by atoms with Crippen molar-refractivity contribution in [3.05, 3.63) is 71.1 Å². The van der Waals surface area contributed by atoms with Crippen molar-refractivity contribution in [1.82, 2.24) is 4.72 Å². The molecule has 0 aromatic heterocycles. The topological polar surface area (TPSA) is 55.4 Å². The number of ether oxygens (including phenoxy) is 1. The molecule has 0 atom stereocenters. The van der Waals surface area contributed by atoms with Crippen LogP contribution in [0.3, 0.4) is 0 Å². The highest BCUT2D eigenvalue weighted by Gasteiger charge is 2.30. The van der Waals surface area contributed by atoms with E-state index < -0.39 is 21.8 Å². The molecule has 2 aromatic carbocycles. The maximum absolute atomic E-state index is 12.6. The minimum absolute atomic E-state index is 0.0329. The average molecular weight is 395 g/mol. The fourth-order valence-electron chi connectivity index (χ4n) is 1.91. The average Bonchev–Trinajstić information content (AvgIpc) is 2.63. The minimum Gasteiger partial charge on any atom is -0.481 e. The Morgan fingerprint density at radius 1 is 1.04 bits per heavy atom. The summed E-state index contributed by atoms with van der Waals surface area (Å²) in [5, 5.41) is 1.03. The van der Waals surface area contributed by atoms with Crippen LogP contribution < -0.4 is 9.46 Å². The smallest absolute Gasteiger partial charge is 0.416 e. The summed E-state index contributed by atoms with van der Waals surface area (Å²) in [6.45, 7) is -0.309. The number of nitrogens with one attached hydrogen (secondary N) is 1. The number of alkyl halides is 3. The molecule has 0 fully saturated rings. The monoisotopic (exact) mass is 395 g/mol. The third kappa shape index (κ3) is 7.56. The normalized spacial score (nSPS) is 11.8. The molecule has 0 bridgehead atoms. The zero-order chi connectivity index (χ0) is 19.8. The van der Waals surface area contributed by atoms with Gasteiger partial charge in [0.05, 0.1) is 12.1 Å². The van der Waals surface area contributed by atoms with Gasteiger partial charge in [0.2, 0.25) is 10.0 Å². The summed E-state index contributed by atoms with van der Waals surface area (Å²) >= 11 is 0. The fraction of sp³-hybridized carbons (Fsp3) is 0.158. The van der Waals surface area contributed by atoms with Crippen molar-refractivity contribution < 1.29 is 26.3 Å². The van der Waals surface area contributed by atoms with Gasteiger partial charge in [0.25, 0.3) is 0 Å². The second-order valence-electron chi connectivity index (χ2n) is 5.25. The van der Waals surface area contributed by atoms with Crippen LogP contribution in [-0.2, 0) is 16.2 Å². The summed E-state index contributed by atoms with van der Waals surface area (Å²) < 4.78 is 68.7. The lowest BCUT2D eigenvalue weighted by molar-refractivity contribution is -0.137. The van der Waals surface area contributed by atoms with Gasteiger partial charge in [-0.1, -0.05) is 48.2 Å². The lowest BCUT2D eigenvalue weighted by Gasteiger charge is -2.08.